The van der Waals surface area contributed by atoms with Gasteiger partial charge in [-0.1, -0.05) is 0 Å². The van der Waals surface area contributed by atoms with Crippen LogP contribution in [0, 0.1) is 20.2 Å². The van der Waals surface area contributed by atoms with E-state index in [-0.39, 0.29) is 15.8 Å². The van der Waals surface area contributed by atoms with Gasteiger partial charge in [-0.25, -0.2) is 0 Å². The van der Waals surface area contributed by atoms with E-state index in [9.17, 15) is 25.3 Å². The molecule has 8 heteroatoms. The Bertz CT molecular complexity index is 606. The standard InChI is InChI=1S/C8H4N2O5S/c11-7-6(10(14)15)3-5(9(12)13)4-1-2-16-8(4)7/h1-3,11H. The smallest absolute Gasteiger partial charge is 0.319 e. The van der Waals surface area contributed by atoms with E-state index in [0.29, 0.717) is 0 Å². The molecular formula is C8H4N2O5S. The summed E-state index contributed by atoms with van der Waals surface area (Å²) in [5.41, 5.74) is -1.03. The maximum Gasteiger partial charge on any atom is 0.319 e. The minimum absolute atomic E-state index is 0.154. The third-order valence-corrected chi connectivity index (χ3v) is 2.99. The predicted molar refractivity (Wildman–Crippen MR) is 56.8 cm³/mol. The molecule has 0 atom stereocenters. The van der Waals surface area contributed by atoms with E-state index in [1.54, 1.807) is 0 Å². The first-order valence-electron chi connectivity index (χ1n) is 4.04. The molecule has 0 aliphatic heterocycles. The highest BCUT2D eigenvalue weighted by Gasteiger charge is 2.25. The number of nitro benzene ring substituents is 2. The third-order valence-electron chi connectivity index (χ3n) is 2.07. The normalized spacial score (nSPS) is 10.5. The molecular weight excluding hydrogens is 236 g/mol. The van der Waals surface area contributed by atoms with Gasteiger partial charge in [0, 0.05) is 0 Å². The van der Waals surface area contributed by atoms with Crippen LogP contribution < -0.4 is 0 Å². The van der Waals surface area contributed by atoms with Gasteiger partial charge in [0.2, 0.25) is 5.75 Å². The van der Waals surface area contributed by atoms with Crippen LogP contribution in [0.15, 0.2) is 17.5 Å². The molecule has 82 valence electrons. The van der Waals surface area contributed by atoms with E-state index in [0.717, 1.165) is 17.4 Å². The van der Waals surface area contributed by atoms with Crippen molar-refractivity contribution in [2.75, 3.05) is 0 Å². The Hall–Kier alpha value is -2.22. The predicted octanol–water partition coefficient (Wildman–Crippen LogP) is 2.42. The fraction of sp³-hybridized carbons (Fsp3) is 0. The maximum atomic E-state index is 10.7. The Kier molecular flexibility index (Phi) is 2.20. The van der Waals surface area contributed by atoms with Crippen LogP contribution >= 0.6 is 11.3 Å². The van der Waals surface area contributed by atoms with E-state index in [2.05, 4.69) is 0 Å². The van der Waals surface area contributed by atoms with E-state index in [4.69, 9.17) is 0 Å². The largest absolute Gasteiger partial charge is 0.501 e. The summed E-state index contributed by atoms with van der Waals surface area (Å²) in [4.78, 5) is 19.7. The molecule has 0 aliphatic carbocycles. The third kappa shape index (κ3) is 1.36. The molecule has 0 spiro atoms. The van der Waals surface area contributed by atoms with Gasteiger partial charge < -0.3 is 5.11 Å². The molecule has 2 rings (SSSR count). The molecule has 1 aromatic heterocycles. The Morgan fingerprint density at radius 3 is 2.38 bits per heavy atom. The Labute approximate surface area is 91.9 Å². The molecule has 1 heterocycles. The zero-order valence-corrected chi connectivity index (χ0v) is 8.43. The fourth-order valence-electron chi connectivity index (χ4n) is 1.38. The quantitative estimate of drug-likeness (QED) is 0.640. The lowest BCUT2D eigenvalue weighted by atomic mass is 10.2. The van der Waals surface area contributed by atoms with Crippen molar-refractivity contribution in [1.82, 2.24) is 0 Å². The van der Waals surface area contributed by atoms with Crippen molar-refractivity contribution in [3.05, 3.63) is 37.7 Å². The van der Waals surface area contributed by atoms with Crippen molar-refractivity contribution >= 4 is 32.8 Å². The van der Waals surface area contributed by atoms with Gasteiger partial charge in [0.15, 0.2) is 0 Å². The number of rotatable bonds is 2. The number of phenols is 1. The number of benzene rings is 1. The van der Waals surface area contributed by atoms with Gasteiger partial charge in [-0.2, -0.15) is 0 Å². The van der Waals surface area contributed by atoms with Crippen molar-refractivity contribution in [3.8, 4) is 5.75 Å². The van der Waals surface area contributed by atoms with Crippen LogP contribution in [-0.2, 0) is 0 Å². The zero-order valence-electron chi connectivity index (χ0n) is 7.61. The summed E-state index contributed by atoms with van der Waals surface area (Å²) in [5.74, 6) is -0.527. The Morgan fingerprint density at radius 1 is 1.19 bits per heavy atom. The minimum atomic E-state index is -0.846. The number of thiophene rings is 1. The molecule has 0 saturated heterocycles. The second-order valence-electron chi connectivity index (χ2n) is 2.94. The monoisotopic (exact) mass is 240 g/mol. The highest BCUT2D eigenvalue weighted by Crippen LogP contribution is 2.42. The molecule has 0 aliphatic rings. The average Bonchev–Trinajstić information content (AvgIpc) is 2.66. The van der Waals surface area contributed by atoms with Gasteiger partial charge >= 0.3 is 5.69 Å². The summed E-state index contributed by atoms with van der Waals surface area (Å²) in [7, 11) is 0. The number of phenolic OH excluding ortho intramolecular Hbond substituents is 1. The van der Waals surface area contributed by atoms with E-state index >= 15 is 0 Å². The fourth-order valence-corrected chi connectivity index (χ4v) is 2.23. The van der Waals surface area contributed by atoms with Crippen LogP contribution in [0.3, 0.4) is 0 Å². The zero-order chi connectivity index (χ0) is 11.9. The number of non-ortho nitro benzene ring substituents is 1. The summed E-state index contributed by atoms with van der Waals surface area (Å²) in [6.45, 7) is 0. The molecule has 0 amide bonds. The van der Waals surface area contributed by atoms with Crippen LogP contribution in [0.2, 0.25) is 0 Å². The van der Waals surface area contributed by atoms with Crippen molar-refractivity contribution in [2.24, 2.45) is 0 Å². The van der Waals surface area contributed by atoms with Gasteiger partial charge in [0.25, 0.3) is 5.69 Å². The number of nitro groups is 2. The number of aromatic hydroxyl groups is 1. The highest BCUT2D eigenvalue weighted by atomic mass is 32.1. The minimum Gasteiger partial charge on any atom is -0.501 e. The first-order valence-corrected chi connectivity index (χ1v) is 4.92. The van der Waals surface area contributed by atoms with E-state index in [1.165, 1.54) is 11.4 Å². The Balaban J connectivity index is 2.90. The lowest BCUT2D eigenvalue weighted by Crippen LogP contribution is -1.93. The molecule has 1 aromatic carbocycles. The highest BCUT2D eigenvalue weighted by molar-refractivity contribution is 7.17. The molecule has 0 unspecified atom stereocenters. The van der Waals surface area contributed by atoms with Crippen LogP contribution in [0.25, 0.3) is 10.1 Å². The van der Waals surface area contributed by atoms with Gasteiger partial charge in [-0.3, -0.25) is 20.2 Å². The van der Waals surface area contributed by atoms with E-state index in [1.807, 2.05) is 0 Å². The second kappa shape index (κ2) is 3.42. The van der Waals surface area contributed by atoms with Gasteiger partial charge in [-0.15, -0.1) is 11.3 Å². The van der Waals surface area contributed by atoms with Crippen LogP contribution in [-0.4, -0.2) is 15.0 Å². The van der Waals surface area contributed by atoms with E-state index < -0.39 is 21.3 Å². The van der Waals surface area contributed by atoms with Crippen molar-refractivity contribution in [2.45, 2.75) is 0 Å². The lowest BCUT2D eigenvalue weighted by Gasteiger charge is -1.98. The lowest BCUT2D eigenvalue weighted by molar-refractivity contribution is -0.393. The summed E-state index contributed by atoms with van der Waals surface area (Å²) in [6.07, 6.45) is 0. The van der Waals surface area contributed by atoms with Crippen molar-refractivity contribution in [1.29, 1.82) is 0 Å². The van der Waals surface area contributed by atoms with Crippen LogP contribution in [0.5, 0.6) is 5.75 Å². The molecule has 0 fully saturated rings. The summed E-state index contributed by atoms with van der Waals surface area (Å²) in [5, 5.41) is 32.6. The summed E-state index contributed by atoms with van der Waals surface area (Å²) >= 11 is 1.02. The molecule has 16 heavy (non-hydrogen) atoms. The molecule has 1 N–H and O–H groups in total. The average molecular weight is 240 g/mol. The topological polar surface area (TPSA) is 107 Å². The second-order valence-corrected chi connectivity index (χ2v) is 3.86. The number of hydrogen-bond acceptors (Lipinski definition) is 6. The number of hydrogen-bond donors (Lipinski definition) is 1. The first kappa shape index (κ1) is 10.3. The molecule has 0 saturated carbocycles. The Morgan fingerprint density at radius 2 is 1.81 bits per heavy atom. The van der Waals surface area contributed by atoms with Crippen LogP contribution in [0.4, 0.5) is 11.4 Å². The SMILES string of the molecule is O=[N+]([O-])c1cc([N+](=O)[O-])c2ccsc2c1O. The van der Waals surface area contributed by atoms with Crippen LogP contribution in [0.1, 0.15) is 0 Å². The summed E-state index contributed by atoms with van der Waals surface area (Å²) < 4.78 is 0.154. The number of fused-ring (bicyclic) bond motifs is 1. The van der Waals surface area contributed by atoms with Crippen molar-refractivity contribution in [3.63, 3.8) is 0 Å². The van der Waals surface area contributed by atoms with Crippen molar-refractivity contribution < 1.29 is 15.0 Å². The molecule has 7 nitrogen and oxygen atoms in total. The molecule has 0 radical (unpaired) electrons. The van der Waals surface area contributed by atoms with Gasteiger partial charge in [-0.05, 0) is 11.4 Å². The number of nitrogens with zero attached hydrogens (tertiary/aromatic N) is 2. The maximum absolute atomic E-state index is 10.7. The van der Waals surface area contributed by atoms with Gasteiger partial charge in [0.1, 0.15) is 0 Å². The van der Waals surface area contributed by atoms with Gasteiger partial charge in [0.05, 0.1) is 26.0 Å². The molecule has 0 bridgehead atoms. The molecule has 2 aromatic rings. The summed E-state index contributed by atoms with van der Waals surface area (Å²) in [6, 6.07) is 2.21. The first-order chi connectivity index (χ1) is 7.52.